The summed E-state index contributed by atoms with van der Waals surface area (Å²) in [6.07, 6.45) is 1.66. The smallest absolute Gasteiger partial charge is 0.441 e. The number of benzene rings is 1. The fourth-order valence-electron chi connectivity index (χ4n) is 1.79. The van der Waals surface area contributed by atoms with Crippen molar-refractivity contribution in [2.75, 3.05) is 5.75 Å². The molecule has 0 saturated carbocycles. The van der Waals surface area contributed by atoms with Crippen molar-refractivity contribution in [1.29, 1.82) is 0 Å². The van der Waals surface area contributed by atoms with Gasteiger partial charge in [0.25, 0.3) is 0 Å². The van der Waals surface area contributed by atoms with E-state index in [1.165, 1.54) is 12.1 Å². The molecule has 1 heterocycles. The van der Waals surface area contributed by atoms with Crippen molar-refractivity contribution < 1.29 is 23.1 Å². The fraction of sp³-hybridized carbons (Fsp3) is 0.250. The summed E-state index contributed by atoms with van der Waals surface area (Å²) in [6, 6.07) is 6.25. The van der Waals surface area contributed by atoms with Crippen LogP contribution in [0, 0.1) is 0 Å². The molecule has 2 rings (SSSR count). The number of halogens is 3. The van der Waals surface area contributed by atoms with Gasteiger partial charge >= 0.3 is 11.5 Å². The van der Waals surface area contributed by atoms with Crippen molar-refractivity contribution in [2.24, 2.45) is 0 Å². The molecule has 2 aromatic rings. The topological polar surface area (TPSA) is 42.2 Å². The van der Waals surface area contributed by atoms with Gasteiger partial charge in [0, 0.05) is 29.4 Å². The van der Waals surface area contributed by atoms with E-state index in [-0.39, 0.29) is 29.6 Å². The summed E-state index contributed by atoms with van der Waals surface area (Å²) in [6.45, 7) is 0.222. The third kappa shape index (κ3) is 3.44. The SMILES string of the molecule is O=C(O)c1ccc2c(ccn2CCSC(F)(F)F)c1. The highest BCUT2D eigenvalue weighted by atomic mass is 32.2. The van der Waals surface area contributed by atoms with Gasteiger partial charge < -0.3 is 9.67 Å². The van der Waals surface area contributed by atoms with E-state index in [9.17, 15) is 18.0 Å². The Labute approximate surface area is 111 Å². The van der Waals surface area contributed by atoms with E-state index in [0.29, 0.717) is 5.39 Å². The van der Waals surface area contributed by atoms with Crippen LogP contribution in [-0.4, -0.2) is 26.9 Å². The van der Waals surface area contributed by atoms with Gasteiger partial charge in [0.1, 0.15) is 0 Å². The number of carboxylic acids is 1. The van der Waals surface area contributed by atoms with Crippen molar-refractivity contribution in [3.63, 3.8) is 0 Å². The van der Waals surface area contributed by atoms with Gasteiger partial charge in [-0.3, -0.25) is 0 Å². The Morgan fingerprint density at radius 3 is 2.68 bits per heavy atom. The molecular formula is C12H10F3NO2S. The summed E-state index contributed by atoms with van der Waals surface area (Å²) >= 11 is -0.0665. The molecule has 0 fully saturated rings. The van der Waals surface area contributed by atoms with Gasteiger partial charge in [-0.25, -0.2) is 4.79 Å². The van der Waals surface area contributed by atoms with Gasteiger partial charge in [-0.15, -0.1) is 0 Å². The molecular weight excluding hydrogens is 279 g/mol. The molecule has 0 unspecified atom stereocenters. The number of carbonyl (C=O) groups is 1. The van der Waals surface area contributed by atoms with Gasteiger partial charge in [-0.1, -0.05) is 0 Å². The monoisotopic (exact) mass is 289 g/mol. The zero-order valence-corrected chi connectivity index (χ0v) is 10.5. The summed E-state index contributed by atoms with van der Waals surface area (Å²) in [7, 11) is 0. The number of aryl methyl sites for hydroxylation is 1. The van der Waals surface area contributed by atoms with Crippen molar-refractivity contribution in [1.82, 2.24) is 4.57 Å². The maximum Gasteiger partial charge on any atom is 0.441 e. The molecule has 0 atom stereocenters. The molecule has 0 bridgehead atoms. The Bertz CT molecular complexity index is 607. The van der Waals surface area contributed by atoms with Crippen LogP contribution in [0.3, 0.4) is 0 Å². The van der Waals surface area contributed by atoms with Gasteiger partial charge in [0.05, 0.1) is 5.56 Å². The van der Waals surface area contributed by atoms with Crippen LogP contribution in [0.25, 0.3) is 10.9 Å². The Morgan fingerprint density at radius 1 is 1.32 bits per heavy atom. The Hall–Kier alpha value is -1.63. The quantitative estimate of drug-likeness (QED) is 0.935. The number of aromatic carboxylic acids is 1. The number of alkyl halides is 3. The number of thioether (sulfide) groups is 1. The summed E-state index contributed by atoms with van der Waals surface area (Å²) < 4.78 is 37.8. The highest BCUT2D eigenvalue weighted by molar-refractivity contribution is 8.00. The molecule has 0 spiro atoms. The lowest BCUT2D eigenvalue weighted by molar-refractivity contribution is -0.0328. The summed E-state index contributed by atoms with van der Waals surface area (Å²) in [5, 5.41) is 9.55. The van der Waals surface area contributed by atoms with E-state index in [2.05, 4.69) is 0 Å². The number of carboxylic acid groups (broad SMARTS) is 1. The maximum atomic E-state index is 12.0. The third-order valence-electron chi connectivity index (χ3n) is 2.62. The number of rotatable bonds is 4. The lowest BCUT2D eigenvalue weighted by Gasteiger charge is -2.07. The maximum absolute atomic E-state index is 12.0. The lowest BCUT2D eigenvalue weighted by Crippen LogP contribution is -2.06. The highest BCUT2D eigenvalue weighted by Gasteiger charge is 2.27. The molecule has 3 nitrogen and oxygen atoms in total. The van der Waals surface area contributed by atoms with Crippen LogP contribution >= 0.6 is 11.8 Å². The molecule has 1 N–H and O–H groups in total. The Balaban J connectivity index is 2.15. The van der Waals surface area contributed by atoms with Crippen LogP contribution in [0.4, 0.5) is 13.2 Å². The Morgan fingerprint density at radius 2 is 2.05 bits per heavy atom. The first kappa shape index (κ1) is 13.8. The highest BCUT2D eigenvalue weighted by Crippen LogP contribution is 2.30. The van der Waals surface area contributed by atoms with E-state index in [0.717, 1.165) is 5.52 Å². The molecule has 19 heavy (non-hydrogen) atoms. The van der Waals surface area contributed by atoms with Crippen molar-refractivity contribution in [3.8, 4) is 0 Å². The summed E-state index contributed by atoms with van der Waals surface area (Å²) in [4.78, 5) is 10.8. The first-order valence-electron chi connectivity index (χ1n) is 5.40. The molecule has 0 aliphatic carbocycles. The van der Waals surface area contributed by atoms with E-state index < -0.39 is 11.5 Å². The fourth-order valence-corrected chi connectivity index (χ4v) is 2.31. The minimum atomic E-state index is -4.22. The first-order valence-corrected chi connectivity index (χ1v) is 6.38. The van der Waals surface area contributed by atoms with Gasteiger partial charge in [-0.05, 0) is 36.0 Å². The van der Waals surface area contributed by atoms with Crippen LogP contribution in [0.15, 0.2) is 30.5 Å². The minimum Gasteiger partial charge on any atom is -0.478 e. The molecule has 0 radical (unpaired) electrons. The normalized spacial score (nSPS) is 11.9. The predicted molar refractivity (Wildman–Crippen MR) is 67.4 cm³/mol. The standard InChI is InChI=1S/C12H10F3NO2S/c13-12(14,15)19-6-5-16-4-3-8-7-9(11(17)18)1-2-10(8)16/h1-4,7H,5-6H2,(H,17,18). The van der Waals surface area contributed by atoms with E-state index in [1.807, 2.05) is 0 Å². The van der Waals surface area contributed by atoms with Crippen LogP contribution in [0.2, 0.25) is 0 Å². The number of fused-ring (bicyclic) bond motifs is 1. The van der Waals surface area contributed by atoms with Crippen LogP contribution in [0.5, 0.6) is 0 Å². The summed E-state index contributed by atoms with van der Waals surface area (Å²) in [5.41, 5.74) is -3.33. The zero-order chi connectivity index (χ0) is 14.0. The van der Waals surface area contributed by atoms with Crippen molar-refractivity contribution in [3.05, 3.63) is 36.0 Å². The predicted octanol–water partition coefficient (Wildman–Crippen LogP) is 3.59. The number of hydrogen-bond acceptors (Lipinski definition) is 2. The average Bonchev–Trinajstić information content (AvgIpc) is 2.70. The molecule has 0 amide bonds. The number of nitrogens with zero attached hydrogens (tertiary/aromatic N) is 1. The van der Waals surface area contributed by atoms with E-state index in [4.69, 9.17) is 5.11 Å². The summed E-state index contributed by atoms with van der Waals surface area (Å²) in [5.74, 6) is -1.10. The molecule has 102 valence electrons. The van der Waals surface area contributed by atoms with Gasteiger partial charge in [0.2, 0.25) is 0 Å². The van der Waals surface area contributed by atoms with Crippen molar-refractivity contribution in [2.45, 2.75) is 12.1 Å². The third-order valence-corrected chi connectivity index (χ3v) is 3.33. The number of hydrogen-bond donors (Lipinski definition) is 1. The minimum absolute atomic E-state index is 0.0665. The second-order valence-corrected chi connectivity index (χ2v) is 5.04. The lowest BCUT2D eigenvalue weighted by atomic mass is 10.1. The molecule has 7 heteroatoms. The molecule has 0 aliphatic rings. The largest absolute Gasteiger partial charge is 0.478 e. The van der Waals surface area contributed by atoms with Crippen LogP contribution < -0.4 is 0 Å². The average molecular weight is 289 g/mol. The van der Waals surface area contributed by atoms with Crippen LogP contribution in [-0.2, 0) is 6.54 Å². The van der Waals surface area contributed by atoms with Gasteiger partial charge in [-0.2, -0.15) is 13.2 Å². The zero-order valence-electron chi connectivity index (χ0n) is 9.65. The molecule has 1 aromatic carbocycles. The first-order chi connectivity index (χ1) is 8.87. The molecule has 0 aliphatic heterocycles. The van der Waals surface area contributed by atoms with E-state index in [1.54, 1.807) is 22.9 Å². The second-order valence-electron chi connectivity index (χ2n) is 3.88. The van der Waals surface area contributed by atoms with Crippen LogP contribution in [0.1, 0.15) is 10.4 Å². The Kier molecular flexibility index (Phi) is 3.75. The van der Waals surface area contributed by atoms with Gasteiger partial charge in [0.15, 0.2) is 0 Å². The molecule has 0 saturated heterocycles. The van der Waals surface area contributed by atoms with E-state index >= 15 is 0 Å². The molecule has 1 aromatic heterocycles. The van der Waals surface area contributed by atoms with Crippen molar-refractivity contribution >= 4 is 28.6 Å². The number of aromatic nitrogens is 1. The second kappa shape index (κ2) is 5.16.